The number of carbonyl (C=O) groups is 2. The Morgan fingerprint density at radius 3 is 2.06 bits per heavy atom. The first-order valence-electron chi connectivity index (χ1n) is 8.92. The molecule has 31 heavy (non-hydrogen) atoms. The predicted octanol–water partition coefficient (Wildman–Crippen LogP) is 2.71. The van der Waals surface area contributed by atoms with Crippen molar-refractivity contribution in [2.75, 3.05) is 11.8 Å². The van der Waals surface area contributed by atoms with Crippen molar-refractivity contribution in [2.45, 2.75) is 4.90 Å². The summed E-state index contributed by atoms with van der Waals surface area (Å²) in [5.74, 6) is -1.67. The number of benzene rings is 3. The van der Waals surface area contributed by atoms with Crippen LogP contribution in [0, 0.1) is 5.82 Å². The Hall–Kier alpha value is -3.92. The predicted molar refractivity (Wildman–Crippen MR) is 112 cm³/mol. The number of rotatable bonds is 6. The molecule has 0 heterocycles. The van der Waals surface area contributed by atoms with Gasteiger partial charge in [-0.1, -0.05) is 12.1 Å². The van der Waals surface area contributed by atoms with Gasteiger partial charge in [0.25, 0.3) is 21.8 Å². The number of halogens is 1. The van der Waals surface area contributed by atoms with E-state index in [1.807, 2.05) is 0 Å². The topological polar surface area (TPSA) is 114 Å². The zero-order chi connectivity index (χ0) is 22.4. The third-order valence-electron chi connectivity index (χ3n) is 4.18. The highest BCUT2D eigenvalue weighted by Gasteiger charge is 2.16. The first-order valence-corrected chi connectivity index (χ1v) is 10.4. The second-order valence-corrected chi connectivity index (χ2v) is 7.93. The van der Waals surface area contributed by atoms with Crippen LogP contribution in [0.1, 0.15) is 20.7 Å². The van der Waals surface area contributed by atoms with Crippen molar-refractivity contribution >= 4 is 27.5 Å². The molecule has 0 saturated heterocycles. The van der Waals surface area contributed by atoms with E-state index in [-0.39, 0.29) is 16.0 Å². The number of amides is 2. The van der Waals surface area contributed by atoms with Gasteiger partial charge < -0.3 is 4.74 Å². The van der Waals surface area contributed by atoms with Gasteiger partial charge in [-0.05, 0) is 60.7 Å². The molecule has 0 aliphatic carbocycles. The second-order valence-electron chi connectivity index (χ2n) is 6.25. The summed E-state index contributed by atoms with van der Waals surface area (Å²) < 4.78 is 46.1. The zero-order valence-corrected chi connectivity index (χ0v) is 17.1. The van der Waals surface area contributed by atoms with Crippen LogP contribution in [0.15, 0.2) is 77.7 Å². The van der Waals surface area contributed by atoms with Gasteiger partial charge in [0.05, 0.1) is 17.6 Å². The number of carbonyl (C=O) groups excluding carboxylic acids is 2. The maximum atomic E-state index is 13.6. The highest BCUT2D eigenvalue weighted by molar-refractivity contribution is 7.92. The van der Waals surface area contributed by atoms with Crippen LogP contribution in [0.25, 0.3) is 0 Å². The largest absolute Gasteiger partial charge is 0.497 e. The van der Waals surface area contributed by atoms with E-state index in [0.717, 1.165) is 6.07 Å². The van der Waals surface area contributed by atoms with Gasteiger partial charge in [-0.25, -0.2) is 12.8 Å². The summed E-state index contributed by atoms with van der Waals surface area (Å²) in [4.78, 5) is 24.1. The molecule has 0 aliphatic heterocycles. The highest BCUT2D eigenvalue weighted by Crippen LogP contribution is 2.19. The number of ether oxygens (including phenoxy) is 1. The Bertz CT molecular complexity index is 1200. The van der Waals surface area contributed by atoms with Crippen molar-refractivity contribution in [3.8, 4) is 5.75 Å². The lowest BCUT2D eigenvalue weighted by Crippen LogP contribution is -2.41. The van der Waals surface area contributed by atoms with E-state index in [0.29, 0.717) is 11.4 Å². The molecular weight excluding hydrogens is 425 g/mol. The van der Waals surface area contributed by atoms with Gasteiger partial charge in [-0.3, -0.25) is 25.2 Å². The molecule has 160 valence electrons. The minimum atomic E-state index is -3.88. The number of nitrogens with one attached hydrogen (secondary N) is 3. The Balaban J connectivity index is 1.63. The molecule has 2 amide bonds. The van der Waals surface area contributed by atoms with Gasteiger partial charge in [0.2, 0.25) is 0 Å². The number of anilines is 1. The number of hydrogen-bond donors (Lipinski definition) is 3. The Labute approximate surface area is 178 Å². The van der Waals surface area contributed by atoms with E-state index in [1.165, 1.54) is 49.6 Å². The number of methoxy groups -OCH3 is 1. The van der Waals surface area contributed by atoms with Crippen molar-refractivity contribution in [1.29, 1.82) is 0 Å². The number of hydrazine groups is 1. The van der Waals surface area contributed by atoms with Crippen molar-refractivity contribution in [3.63, 3.8) is 0 Å². The van der Waals surface area contributed by atoms with Crippen LogP contribution >= 0.6 is 0 Å². The number of sulfonamides is 1. The smallest absolute Gasteiger partial charge is 0.272 e. The molecule has 0 spiro atoms. The lowest BCUT2D eigenvalue weighted by atomic mass is 10.2. The zero-order valence-electron chi connectivity index (χ0n) is 16.3. The normalized spacial score (nSPS) is 10.8. The second kappa shape index (κ2) is 9.26. The minimum absolute atomic E-state index is 0.0599. The molecule has 0 unspecified atom stereocenters. The van der Waals surface area contributed by atoms with Crippen LogP contribution in [0.2, 0.25) is 0 Å². The summed E-state index contributed by atoms with van der Waals surface area (Å²) in [6, 6.07) is 16.7. The molecule has 0 bridgehead atoms. The molecule has 0 fully saturated rings. The van der Waals surface area contributed by atoms with Crippen molar-refractivity contribution in [1.82, 2.24) is 10.9 Å². The molecule has 0 aliphatic rings. The van der Waals surface area contributed by atoms with Crippen molar-refractivity contribution < 1.29 is 27.1 Å². The first kappa shape index (κ1) is 21.8. The van der Waals surface area contributed by atoms with Gasteiger partial charge in [-0.15, -0.1) is 0 Å². The third-order valence-corrected chi connectivity index (χ3v) is 5.57. The molecule has 0 saturated carbocycles. The Morgan fingerprint density at radius 1 is 0.839 bits per heavy atom. The highest BCUT2D eigenvalue weighted by atomic mass is 32.2. The van der Waals surface area contributed by atoms with E-state index in [1.54, 1.807) is 24.3 Å². The fraction of sp³-hybridized carbons (Fsp3) is 0.0476. The molecule has 10 heteroatoms. The van der Waals surface area contributed by atoms with Crippen LogP contribution in [0.4, 0.5) is 10.1 Å². The van der Waals surface area contributed by atoms with Gasteiger partial charge in [0.1, 0.15) is 11.6 Å². The van der Waals surface area contributed by atoms with Crippen LogP contribution in [-0.4, -0.2) is 27.3 Å². The van der Waals surface area contributed by atoms with Crippen molar-refractivity contribution in [3.05, 3.63) is 89.7 Å². The Kier molecular flexibility index (Phi) is 6.51. The van der Waals surface area contributed by atoms with Crippen LogP contribution in [0.3, 0.4) is 0 Å². The van der Waals surface area contributed by atoms with E-state index < -0.39 is 27.7 Å². The van der Waals surface area contributed by atoms with Crippen molar-refractivity contribution in [2.24, 2.45) is 0 Å². The average molecular weight is 443 g/mol. The molecule has 0 atom stereocenters. The van der Waals surface area contributed by atoms with Gasteiger partial charge in [0, 0.05) is 11.3 Å². The number of hydrogen-bond acceptors (Lipinski definition) is 5. The lowest BCUT2D eigenvalue weighted by Gasteiger charge is -2.10. The monoisotopic (exact) mass is 443 g/mol. The summed E-state index contributed by atoms with van der Waals surface area (Å²) in [7, 11) is -2.37. The van der Waals surface area contributed by atoms with Gasteiger partial charge in [-0.2, -0.15) is 0 Å². The van der Waals surface area contributed by atoms with Gasteiger partial charge in [0.15, 0.2) is 0 Å². The van der Waals surface area contributed by atoms with E-state index in [4.69, 9.17) is 4.74 Å². The quantitative estimate of drug-likeness (QED) is 0.507. The molecule has 3 N–H and O–H groups in total. The molecule has 3 aromatic carbocycles. The van der Waals surface area contributed by atoms with Gasteiger partial charge >= 0.3 is 0 Å². The molecule has 0 radical (unpaired) electrons. The summed E-state index contributed by atoms with van der Waals surface area (Å²) in [5.41, 5.74) is 4.47. The summed E-state index contributed by atoms with van der Waals surface area (Å²) in [6.07, 6.45) is 0. The summed E-state index contributed by atoms with van der Waals surface area (Å²) in [5, 5.41) is 0. The minimum Gasteiger partial charge on any atom is -0.497 e. The fourth-order valence-electron chi connectivity index (χ4n) is 2.56. The summed E-state index contributed by atoms with van der Waals surface area (Å²) >= 11 is 0. The molecule has 0 aromatic heterocycles. The van der Waals surface area contributed by atoms with E-state index in [2.05, 4.69) is 15.6 Å². The van der Waals surface area contributed by atoms with Crippen LogP contribution in [0.5, 0.6) is 5.75 Å². The maximum absolute atomic E-state index is 13.6. The van der Waals surface area contributed by atoms with Crippen LogP contribution in [-0.2, 0) is 10.0 Å². The standard InChI is InChI=1S/C21H18FN3O5S/c1-30-16-10-8-15(9-11-16)25-31(28,29)17-12-6-14(7-13-17)20(26)23-24-21(27)18-4-2-3-5-19(18)22/h2-13,25H,1H3,(H,23,26)(H,24,27). The molecule has 8 nitrogen and oxygen atoms in total. The average Bonchev–Trinajstić information content (AvgIpc) is 2.78. The van der Waals surface area contributed by atoms with E-state index >= 15 is 0 Å². The molecule has 3 rings (SSSR count). The maximum Gasteiger partial charge on any atom is 0.272 e. The lowest BCUT2D eigenvalue weighted by molar-refractivity contribution is 0.0844. The molecular formula is C21H18FN3O5S. The summed E-state index contributed by atoms with van der Waals surface area (Å²) in [6.45, 7) is 0. The first-order chi connectivity index (χ1) is 14.8. The fourth-order valence-corrected chi connectivity index (χ4v) is 3.62. The molecule has 3 aromatic rings. The third kappa shape index (κ3) is 5.37. The van der Waals surface area contributed by atoms with Crippen LogP contribution < -0.4 is 20.3 Å². The Morgan fingerprint density at radius 2 is 1.45 bits per heavy atom. The SMILES string of the molecule is COc1ccc(NS(=O)(=O)c2ccc(C(=O)NNC(=O)c3ccccc3F)cc2)cc1. The van der Waals surface area contributed by atoms with E-state index in [9.17, 15) is 22.4 Å².